The number of rotatable bonds is 5. The van der Waals surface area contributed by atoms with Gasteiger partial charge in [-0.1, -0.05) is 6.42 Å². The van der Waals surface area contributed by atoms with Crippen LogP contribution in [0.25, 0.3) is 0 Å². The Bertz CT molecular complexity index is 558. The molecule has 7 heteroatoms. The fourth-order valence-corrected chi connectivity index (χ4v) is 2.64. The van der Waals surface area contributed by atoms with Crippen molar-refractivity contribution >= 4 is 33.6 Å². The first-order chi connectivity index (χ1) is 9.97. The van der Waals surface area contributed by atoms with Crippen molar-refractivity contribution in [3.8, 4) is 5.75 Å². The number of carboxylic acid groups (broad SMARTS) is 1. The summed E-state index contributed by atoms with van der Waals surface area (Å²) in [4.78, 5) is 23.0. The second-order valence-electron chi connectivity index (χ2n) is 5.10. The molecule has 2 rings (SSSR count). The number of anilines is 1. The quantitative estimate of drug-likeness (QED) is 0.756. The molecule has 0 atom stereocenters. The van der Waals surface area contributed by atoms with Crippen LogP contribution in [-0.4, -0.2) is 30.8 Å². The van der Waals surface area contributed by atoms with Gasteiger partial charge in [0.25, 0.3) is 0 Å². The molecule has 1 aromatic carbocycles. The molecular formula is C14H17BrN2O4. The average Bonchev–Trinajstić information content (AvgIpc) is 2.39. The first-order valence-corrected chi connectivity index (χ1v) is 7.38. The molecule has 1 fully saturated rings. The van der Waals surface area contributed by atoms with E-state index in [1.807, 2.05) is 0 Å². The Balaban J connectivity index is 1.91. The van der Waals surface area contributed by atoms with Crippen molar-refractivity contribution < 1.29 is 19.4 Å². The number of carbonyl (C=O) groups is 2. The largest absolute Gasteiger partial charge is 0.495 e. The molecule has 3 N–H and O–H groups in total. The lowest BCUT2D eigenvalue weighted by Gasteiger charge is -2.37. The fraction of sp³-hybridized carbons (Fsp3) is 0.429. The molecule has 0 unspecified atom stereocenters. The van der Waals surface area contributed by atoms with Crippen LogP contribution in [0.5, 0.6) is 5.75 Å². The van der Waals surface area contributed by atoms with Crippen LogP contribution in [0.1, 0.15) is 19.3 Å². The van der Waals surface area contributed by atoms with Crippen LogP contribution in [0.15, 0.2) is 22.7 Å². The lowest BCUT2D eigenvalue weighted by molar-refractivity contribution is -0.153. The lowest BCUT2D eigenvalue weighted by Crippen LogP contribution is -2.48. The molecule has 0 bridgehead atoms. The van der Waals surface area contributed by atoms with E-state index in [1.165, 1.54) is 7.11 Å². The van der Waals surface area contributed by atoms with Gasteiger partial charge in [-0.2, -0.15) is 0 Å². The van der Waals surface area contributed by atoms with E-state index in [-0.39, 0.29) is 6.54 Å². The molecule has 114 valence electrons. The molecule has 1 aromatic rings. The van der Waals surface area contributed by atoms with Crippen LogP contribution in [-0.2, 0) is 4.79 Å². The summed E-state index contributed by atoms with van der Waals surface area (Å²) in [7, 11) is 1.54. The number of halogens is 1. The van der Waals surface area contributed by atoms with Gasteiger partial charge in [-0.3, -0.25) is 4.79 Å². The lowest BCUT2D eigenvalue weighted by atomic mass is 9.69. The zero-order valence-electron chi connectivity index (χ0n) is 11.6. The highest BCUT2D eigenvalue weighted by molar-refractivity contribution is 9.10. The van der Waals surface area contributed by atoms with Crippen LogP contribution in [0, 0.1) is 5.41 Å². The van der Waals surface area contributed by atoms with Crippen LogP contribution in [0.4, 0.5) is 10.5 Å². The summed E-state index contributed by atoms with van der Waals surface area (Å²) < 4.78 is 5.93. The van der Waals surface area contributed by atoms with Gasteiger partial charge < -0.3 is 20.5 Å². The number of aliphatic carboxylic acids is 1. The van der Waals surface area contributed by atoms with Crippen LogP contribution in [0.2, 0.25) is 0 Å². The van der Waals surface area contributed by atoms with Crippen LogP contribution >= 0.6 is 15.9 Å². The van der Waals surface area contributed by atoms with E-state index in [1.54, 1.807) is 18.2 Å². The van der Waals surface area contributed by atoms with Crippen molar-refractivity contribution in [2.45, 2.75) is 19.3 Å². The maximum atomic E-state index is 11.8. The molecule has 0 aliphatic heterocycles. The number of nitrogens with one attached hydrogen (secondary N) is 2. The number of carbonyl (C=O) groups excluding carboxylic acids is 1. The highest BCUT2D eigenvalue weighted by Crippen LogP contribution is 2.40. The summed E-state index contributed by atoms with van der Waals surface area (Å²) in [5.41, 5.74) is -0.222. The minimum atomic E-state index is -0.848. The van der Waals surface area contributed by atoms with Crippen molar-refractivity contribution in [1.82, 2.24) is 5.32 Å². The van der Waals surface area contributed by atoms with Crippen molar-refractivity contribution in [1.29, 1.82) is 0 Å². The summed E-state index contributed by atoms with van der Waals surface area (Å²) in [5.74, 6) is -0.242. The van der Waals surface area contributed by atoms with Gasteiger partial charge in [0.2, 0.25) is 0 Å². The van der Waals surface area contributed by atoms with Crippen LogP contribution in [0.3, 0.4) is 0 Å². The molecule has 1 aliphatic carbocycles. The number of benzene rings is 1. The normalized spacial score (nSPS) is 15.7. The molecule has 1 saturated carbocycles. The minimum Gasteiger partial charge on any atom is -0.495 e. The van der Waals surface area contributed by atoms with Gasteiger partial charge in [-0.05, 0) is 40.9 Å². The van der Waals surface area contributed by atoms with Gasteiger partial charge in [0.1, 0.15) is 5.75 Å². The molecule has 1 aliphatic rings. The first-order valence-electron chi connectivity index (χ1n) is 6.59. The highest BCUT2D eigenvalue weighted by Gasteiger charge is 2.44. The number of ether oxygens (including phenoxy) is 1. The standard InChI is InChI=1S/C14H17BrN2O4/c1-21-11-7-9(3-4-10(11)15)17-13(20)16-8-14(12(18)19)5-2-6-14/h3-4,7H,2,5-6,8H2,1H3,(H,18,19)(H2,16,17,20). The molecule has 2 amide bonds. The number of hydrogen-bond donors (Lipinski definition) is 3. The van der Waals surface area contributed by atoms with Crippen molar-refractivity contribution in [2.24, 2.45) is 5.41 Å². The summed E-state index contributed by atoms with van der Waals surface area (Å²) in [6.45, 7) is 0.141. The third kappa shape index (κ3) is 3.47. The minimum absolute atomic E-state index is 0.141. The highest BCUT2D eigenvalue weighted by atomic mass is 79.9. The molecule has 6 nitrogen and oxygen atoms in total. The third-order valence-corrected chi connectivity index (χ3v) is 4.42. The SMILES string of the molecule is COc1cc(NC(=O)NCC2(C(=O)O)CCC2)ccc1Br. The Morgan fingerprint density at radius 1 is 1.43 bits per heavy atom. The number of methoxy groups -OCH3 is 1. The maximum absolute atomic E-state index is 11.8. The molecule has 0 saturated heterocycles. The summed E-state index contributed by atoms with van der Waals surface area (Å²) in [5, 5.41) is 14.5. The topological polar surface area (TPSA) is 87.7 Å². The predicted octanol–water partition coefficient (Wildman–Crippen LogP) is 2.83. The smallest absolute Gasteiger partial charge is 0.319 e. The molecule has 0 spiro atoms. The van der Waals surface area contributed by atoms with E-state index in [0.717, 1.165) is 10.9 Å². The van der Waals surface area contributed by atoms with Gasteiger partial charge in [-0.15, -0.1) is 0 Å². The Labute approximate surface area is 131 Å². The van der Waals surface area contributed by atoms with E-state index in [4.69, 9.17) is 4.74 Å². The van der Waals surface area contributed by atoms with E-state index in [0.29, 0.717) is 24.3 Å². The van der Waals surface area contributed by atoms with E-state index >= 15 is 0 Å². The second kappa shape index (κ2) is 6.34. The average molecular weight is 357 g/mol. The maximum Gasteiger partial charge on any atom is 0.319 e. The van der Waals surface area contributed by atoms with E-state index in [2.05, 4.69) is 26.6 Å². The molecule has 0 radical (unpaired) electrons. The van der Waals surface area contributed by atoms with E-state index < -0.39 is 17.4 Å². The van der Waals surface area contributed by atoms with Crippen molar-refractivity contribution in [3.63, 3.8) is 0 Å². The van der Waals surface area contributed by atoms with Gasteiger partial charge in [0.15, 0.2) is 0 Å². The number of amides is 2. The van der Waals surface area contributed by atoms with Gasteiger partial charge in [0, 0.05) is 18.3 Å². The van der Waals surface area contributed by atoms with Gasteiger partial charge >= 0.3 is 12.0 Å². The fourth-order valence-electron chi connectivity index (χ4n) is 2.23. The molecular weight excluding hydrogens is 340 g/mol. The molecule has 0 heterocycles. The van der Waals surface area contributed by atoms with E-state index in [9.17, 15) is 14.7 Å². The summed E-state index contributed by atoms with van der Waals surface area (Å²) in [6.07, 6.45) is 2.10. The molecule has 21 heavy (non-hydrogen) atoms. The van der Waals surface area contributed by atoms with Gasteiger partial charge in [0.05, 0.1) is 17.0 Å². The Morgan fingerprint density at radius 3 is 2.67 bits per heavy atom. The van der Waals surface area contributed by atoms with Gasteiger partial charge in [-0.25, -0.2) is 4.79 Å². The Kier molecular flexibility index (Phi) is 4.72. The summed E-state index contributed by atoms with van der Waals surface area (Å²) >= 11 is 3.33. The second-order valence-corrected chi connectivity index (χ2v) is 5.95. The predicted molar refractivity (Wildman–Crippen MR) is 81.6 cm³/mol. The zero-order chi connectivity index (χ0) is 15.5. The van der Waals surface area contributed by atoms with Crippen LogP contribution < -0.4 is 15.4 Å². The third-order valence-electron chi connectivity index (χ3n) is 3.76. The Hall–Kier alpha value is -1.76. The van der Waals surface area contributed by atoms with Crippen molar-refractivity contribution in [2.75, 3.05) is 19.0 Å². The number of hydrogen-bond acceptors (Lipinski definition) is 3. The monoisotopic (exact) mass is 356 g/mol. The first kappa shape index (κ1) is 15.6. The number of carboxylic acids is 1. The molecule has 0 aromatic heterocycles. The number of urea groups is 1. The Morgan fingerprint density at radius 2 is 2.14 bits per heavy atom. The summed E-state index contributed by atoms with van der Waals surface area (Å²) in [6, 6.07) is 4.74. The zero-order valence-corrected chi connectivity index (χ0v) is 13.2. The van der Waals surface area contributed by atoms with Crippen molar-refractivity contribution in [3.05, 3.63) is 22.7 Å².